The van der Waals surface area contributed by atoms with E-state index in [9.17, 15) is 24.3 Å². The van der Waals surface area contributed by atoms with Crippen LogP contribution >= 0.6 is 0 Å². The number of amides is 2. The minimum atomic E-state index is -1.19. The fourth-order valence-electron chi connectivity index (χ4n) is 6.79. The Bertz CT molecular complexity index is 1430. The van der Waals surface area contributed by atoms with E-state index in [2.05, 4.69) is 15.5 Å². The van der Waals surface area contributed by atoms with Crippen molar-refractivity contribution in [3.05, 3.63) is 35.1 Å². The molecule has 260 valence electrons. The van der Waals surface area contributed by atoms with Gasteiger partial charge in [-0.15, -0.1) is 0 Å². The number of benzene rings is 1. The first-order valence-electron chi connectivity index (χ1n) is 16.1. The molecule has 1 aromatic carbocycles. The summed E-state index contributed by atoms with van der Waals surface area (Å²) in [6.07, 6.45) is -0.0467. The number of aromatic hydroxyl groups is 1. The van der Waals surface area contributed by atoms with Crippen LogP contribution in [0.1, 0.15) is 85.3 Å². The number of likely N-dealkylation sites (N-methyl/N-ethyl adjacent to an activating group) is 1. The van der Waals surface area contributed by atoms with Crippen molar-refractivity contribution >= 4 is 24.1 Å². The van der Waals surface area contributed by atoms with Crippen LogP contribution in [0, 0.1) is 6.92 Å². The van der Waals surface area contributed by atoms with E-state index in [4.69, 9.17) is 23.7 Å². The second-order valence-corrected chi connectivity index (χ2v) is 14.5. The number of carbonyl (C=O) groups excluding carboxylic acids is 4. The summed E-state index contributed by atoms with van der Waals surface area (Å²) in [7, 11) is 1.95. The number of nitrogens with one attached hydrogen (secondary N) is 2. The molecule has 13 nitrogen and oxygen atoms in total. The molecule has 2 aliphatic heterocycles. The molecule has 0 radical (unpaired) electrons. The summed E-state index contributed by atoms with van der Waals surface area (Å²) in [5, 5.41) is 16.1. The number of likely N-dealkylation sites (tertiary alicyclic amines) is 1. The van der Waals surface area contributed by atoms with Crippen molar-refractivity contribution in [1.82, 2.24) is 15.5 Å². The Kier molecular flexibility index (Phi) is 10.1. The number of nitrogens with zero attached hydrogens (tertiary/aromatic N) is 1. The molecule has 1 fully saturated rings. The van der Waals surface area contributed by atoms with Gasteiger partial charge >= 0.3 is 24.1 Å². The van der Waals surface area contributed by atoms with Crippen LogP contribution in [-0.4, -0.2) is 89.8 Å². The van der Waals surface area contributed by atoms with Gasteiger partial charge in [0.05, 0.1) is 18.3 Å². The summed E-state index contributed by atoms with van der Waals surface area (Å²) in [5.41, 5.74) is -2.04. The number of alkyl carbamates (subject to hydrolysis) is 2. The number of hydrogen-bond acceptors (Lipinski definition) is 11. The predicted octanol–water partition coefficient (Wildman–Crippen LogP) is 4.37. The first-order valence-corrected chi connectivity index (χ1v) is 16.1. The predicted molar refractivity (Wildman–Crippen MR) is 171 cm³/mol. The molecular weight excluding hydrogens is 610 g/mol. The van der Waals surface area contributed by atoms with E-state index in [1.165, 1.54) is 0 Å². The number of rotatable bonds is 8. The Morgan fingerprint density at radius 3 is 2.13 bits per heavy atom. The van der Waals surface area contributed by atoms with Gasteiger partial charge < -0.3 is 39.4 Å². The molecule has 1 spiro atoms. The second-order valence-electron chi connectivity index (χ2n) is 14.5. The van der Waals surface area contributed by atoms with Crippen molar-refractivity contribution in [2.24, 2.45) is 0 Å². The molecule has 13 heteroatoms. The highest BCUT2D eigenvalue weighted by Crippen LogP contribution is 2.63. The third-order valence-electron chi connectivity index (χ3n) is 8.81. The van der Waals surface area contributed by atoms with Crippen molar-refractivity contribution in [2.45, 2.75) is 115 Å². The van der Waals surface area contributed by atoms with Crippen molar-refractivity contribution in [3.8, 4) is 11.5 Å². The van der Waals surface area contributed by atoms with Crippen molar-refractivity contribution in [1.29, 1.82) is 0 Å². The van der Waals surface area contributed by atoms with E-state index in [1.54, 1.807) is 59.8 Å². The summed E-state index contributed by atoms with van der Waals surface area (Å²) in [4.78, 5) is 53.0. The van der Waals surface area contributed by atoms with E-state index < -0.39 is 52.4 Å². The lowest BCUT2D eigenvalue weighted by atomic mass is 9.54. The van der Waals surface area contributed by atoms with E-state index in [0.717, 1.165) is 5.56 Å². The molecular formula is C34H49N3O10. The quantitative estimate of drug-likeness (QED) is 0.269. The zero-order chi connectivity index (χ0) is 34.9. The summed E-state index contributed by atoms with van der Waals surface area (Å²) in [6.45, 7) is 15.0. The van der Waals surface area contributed by atoms with Crippen LogP contribution in [0.3, 0.4) is 0 Å². The van der Waals surface area contributed by atoms with Gasteiger partial charge in [-0.05, 0) is 93.1 Å². The van der Waals surface area contributed by atoms with E-state index in [1.807, 2.05) is 20.9 Å². The van der Waals surface area contributed by atoms with Crippen LogP contribution in [0.5, 0.6) is 11.5 Å². The highest BCUT2D eigenvalue weighted by Gasteiger charge is 2.71. The van der Waals surface area contributed by atoms with Crippen LogP contribution in [0.25, 0.3) is 0 Å². The monoisotopic (exact) mass is 659 g/mol. The number of ether oxygens (including phenoxy) is 5. The van der Waals surface area contributed by atoms with Crippen LogP contribution in [0.4, 0.5) is 9.59 Å². The molecule has 47 heavy (non-hydrogen) atoms. The Labute approximate surface area is 276 Å². The van der Waals surface area contributed by atoms with Gasteiger partial charge in [-0.2, -0.15) is 0 Å². The molecule has 1 aliphatic carbocycles. The van der Waals surface area contributed by atoms with Crippen molar-refractivity contribution < 1.29 is 48.0 Å². The molecule has 0 bridgehead atoms. The van der Waals surface area contributed by atoms with Gasteiger partial charge in [0, 0.05) is 31.1 Å². The second kappa shape index (κ2) is 13.2. The summed E-state index contributed by atoms with van der Waals surface area (Å²) in [5.74, 6) is -0.697. The van der Waals surface area contributed by atoms with Crippen LogP contribution in [-0.2, 0) is 34.0 Å². The minimum Gasteiger partial charge on any atom is -0.504 e. The Balaban J connectivity index is 1.62. The Morgan fingerprint density at radius 1 is 0.979 bits per heavy atom. The molecule has 2 heterocycles. The first kappa shape index (κ1) is 35.8. The van der Waals surface area contributed by atoms with Gasteiger partial charge in [0.25, 0.3) is 0 Å². The number of aryl methyl sites for hydroxylation is 1. The number of phenolic OH excluding ortho intramolecular Hbond substituents is 1. The topological polar surface area (TPSA) is 162 Å². The fraction of sp³-hybridized carbons (Fsp3) is 0.647. The molecule has 3 aliphatic rings. The SMILES string of the molecule is Cc1ccc(O)c2c1[C@]13CCN(C)[C@H](C)[C@]1(OC(=O)CCNC(=O)OC(C)(C)C)CC=C(OC(=O)CCNC(=O)OC(C)(C)C)[C@@H]3O2. The average Bonchev–Trinajstić information content (AvgIpc) is 3.30. The molecule has 1 saturated heterocycles. The zero-order valence-electron chi connectivity index (χ0n) is 28.9. The van der Waals surface area contributed by atoms with Gasteiger partial charge in [-0.1, -0.05) is 6.07 Å². The third-order valence-corrected chi connectivity index (χ3v) is 8.81. The summed E-state index contributed by atoms with van der Waals surface area (Å²) >= 11 is 0. The van der Waals surface area contributed by atoms with Crippen LogP contribution in [0.15, 0.2) is 24.0 Å². The fourth-order valence-corrected chi connectivity index (χ4v) is 6.79. The van der Waals surface area contributed by atoms with Crippen LogP contribution in [0.2, 0.25) is 0 Å². The van der Waals surface area contributed by atoms with Gasteiger partial charge in [0.1, 0.15) is 22.6 Å². The normalized spacial score (nSPS) is 25.2. The Morgan fingerprint density at radius 2 is 1.55 bits per heavy atom. The first-order chi connectivity index (χ1) is 21.8. The molecule has 4 rings (SSSR count). The lowest BCUT2D eigenvalue weighted by molar-refractivity contribution is -0.201. The number of piperidine rings is 1. The zero-order valence-corrected chi connectivity index (χ0v) is 28.9. The summed E-state index contributed by atoms with van der Waals surface area (Å²) in [6, 6.07) is 3.03. The molecule has 3 N–H and O–H groups in total. The largest absolute Gasteiger partial charge is 0.504 e. The highest BCUT2D eigenvalue weighted by molar-refractivity contribution is 5.75. The molecule has 1 aromatic rings. The van der Waals surface area contributed by atoms with E-state index in [0.29, 0.717) is 18.5 Å². The molecule has 0 saturated carbocycles. The van der Waals surface area contributed by atoms with Crippen LogP contribution < -0.4 is 15.4 Å². The van der Waals surface area contributed by atoms with Crippen molar-refractivity contribution in [2.75, 3.05) is 26.7 Å². The Hall–Kier alpha value is -4.00. The lowest BCUT2D eigenvalue weighted by Gasteiger charge is -2.59. The minimum absolute atomic E-state index is 0.00146. The number of phenols is 1. The van der Waals surface area contributed by atoms with Gasteiger partial charge in [0.15, 0.2) is 17.6 Å². The molecule has 4 atom stereocenters. The number of carbonyl (C=O) groups is 4. The van der Waals surface area contributed by atoms with Gasteiger partial charge in [-0.25, -0.2) is 9.59 Å². The maximum absolute atomic E-state index is 13.6. The summed E-state index contributed by atoms with van der Waals surface area (Å²) < 4.78 is 29.4. The van der Waals surface area contributed by atoms with Crippen molar-refractivity contribution in [3.63, 3.8) is 0 Å². The third kappa shape index (κ3) is 7.45. The molecule has 2 amide bonds. The lowest BCUT2D eigenvalue weighted by Crippen LogP contribution is -2.73. The average molecular weight is 660 g/mol. The number of fused-ring (bicyclic) bond motifs is 1. The smallest absolute Gasteiger partial charge is 0.407 e. The van der Waals surface area contributed by atoms with E-state index >= 15 is 0 Å². The number of hydrogen-bond donors (Lipinski definition) is 3. The van der Waals surface area contributed by atoms with Gasteiger partial charge in [0.2, 0.25) is 0 Å². The van der Waals surface area contributed by atoms with E-state index in [-0.39, 0.29) is 55.7 Å². The highest BCUT2D eigenvalue weighted by atomic mass is 16.6. The molecule has 0 unspecified atom stereocenters. The number of esters is 2. The maximum Gasteiger partial charge on any atom is 0.407 e. The maximum atomic E-state index is 13.6. The molecule has 0 aromatic heterocycles. The van der Waals surface area contributed by atoms with Gasteiger partial charge in [-0.3, -0.25) is 14.5 Å². The standard InChI is InChI=1S/C34H49N3O10/c1-20-10-11-22(38)27-26(20)33-16-19-37(9)21(2)34(33,45-25(40)14-18-36-30(42)47-32(6,7)8)15-12-23(28(33)44-27)43-24(39)13-17-35-29(41)46-31(3,4)5/h10-12,21,28,38H,13-19H2,1-9H3,(H,35,41)(H,36,42)/t21-,28+,33+,34-/m1/s1.